The minimum absolute atomic E-state index is 0.122. The van der Waals surface area contributed by atoms with Crippen LogP contribution in [0, 0.1) is 11.3 Å². The zero-order valence-electron chi connectivity index (χ0n) is 13.6. The smallest absolute Gasteiger partial charge is 0.260 e. The number of nitrogens with one attached hydrogen (secondary N) is 1. The first-order chi connectivity index (χ1) is 12.7. The highest BCUT2D eigenvalue weighted by atomic mass is 32.2. The first-order valence-corrected chi connectivity index (χ1v) is 9.80. The van der Waals surface area contributed by atoms with E-state index in [0.29, 0.717) is 21.9 Å². The Labute approximate surface area is 158 Å². The zero-order valence-corrected chi connectivity index (χ0v) is 15.2. The highest BCUT2D eigenvalue weighted by Crippen LogP contribution is 2.31. The van der Waals surface area contributed by atoms with Gasteiger partial charge in [0, 0.05) is 16.7 Å². The fourth-order valence-corrected chi connectivity index (χ4v) is 4.52. The Balaban J connectivity index is 1.64. The molecule has 0 fully saturated rings. The van der Waals surface area contributed by atoms with Crippen molar-refractivity contribution in [2.24, 2.45) is 0 Å². The molecule has 0 aliphatic rings. The number of nitriles is 1. The predicted molar refractivity (Wildman–Crippen MR) is 106 cm³/mol. The lowest BCUT2D eigenvalue weighted by atomic mass is 10.1. The van der Waals surface area contributed by atoms with Crippen molar-refractivity contribution in [2.75, 3.05) is 0 Å². The van der Waals surface area contributed by atoms with Crippen molar-refractivity contribution in [3.8, 4) is 17.2 Å². The molecule has 2 heterocycles. The Kier molecular flexibility index (Phi) is 4.57. The van der Waals surface area contributed by atoms with Gasteiger partial charge in [-0.15, -0.1) is 11.3 Å². The lowest BCUT2D eigenvalue weighted by molar-refractivity contribution is 0.980. The van der Waals surface area contributed by atoms with Crippen molar-refractivity contribution in [1.29, 1.82) is 5.26 Å². The molecule has 4 aromatic rings. The number of aromatic nitrogens is 2. The van der Waals surface area contributed by atoms with Crippen molar-refractivity contribution >= 4 is 33.3 Å². The van der Waals surface area contributed by atoms with Crippen molar-refractivity contribution < 1.29 is 0 Å². The zero-order chi connectivity index (χ0) is 17.9. The monoisotopic (exact) mass is 375 g/mol. The summed E-state index contributed by atoms with van der Waals surface area (Å²) < 4.78 is 0. The van der Waals surface area contributed by atoms with Gasteiger partial charge in [-0.3, -0.25) is 4.79 Å². The van der Waals surface area contributed by atoms with E-state index in [1.165, 1.54) is 23.1 Å². The van der Waals surface area contributed by atoms with Gasteiger partial charge in [-0.2, -0.15) is 5.26 Å². The number of nitrogens with zero attached hydrogens (tertiary/aromatic N) is 2. The van der Waals surface area contributed by atoms with Gasteiger partial charge in [-0.05, 0) is 23.3 Å². The van der Waals surface area contributed by atoms with Gasteiger partial charge in [0.15, 0.2) is 5.16 Å². The van der Waals surface area contributed by atoms with Crippen LogP contribution in [0.3, 0.4) is 0 Å². The number of rotatable bonds is 4. The molecule has 0 saturated carbocycles. The molecule has 4 nitrogen and oxygen atoms in total. The Morgan fingerprint density at radius 2 is 2.00 bits per heavy atom. The summed E-state index contributed by atoms with van der Waals surface area (Å²) >= 11 is 2.93. The van der Waals surface area contributed by atoms with E-state index in [2.05, 4.69) is 16.0 Å². The summed E-state index contributed by atoms with van der Waals surface area (Å²) in [4.78, 5) is 20.8. The Morgan fingerprint density at radius 1 is 1.15 bits per heavy atom. The van der Waals surface area contributed by atoms with E-state index in [9.17, 15) is 4.79 Å². The molecule has 0 aliphatic carbocycles. The van der Waals surface area contributed by atoms with Crippen molar-refractivity contribution in [3.05, 3.63) is 81.5 Å². The minimum Gasteiger partial charge on any atom is -0.301 e. The maximum atomic E-state index is 12.6. The van der Waals surface area contributed by atoms with Crippen molar-refractivity contribution in [2.45, 2.75) is 10.9 Å². The molecular weight excluding hydrogens is 362 g/mol. The van der Waals surface area contributed by atoms with E-state index >= 15 is 0 Å². The molecule has 1 N–H and O–H groups in total. The van der Waals surface area contributed by atoms with Crippen LogP contribution in [0.1, 0.15) is 11.1 Å². The molecule has 0 spiro atoms. The summed E-state index contributed by atoms with van der Waals surface area (Å²) in [5, 5.41) is 12.2. The fourth-order valence-electron chi connectivity index (χ4n) is 2.71. The first kappa shape index (κ1) is 16.6. The number of H-pyrrole nitrogens is 1. The maximum Gasteiger partial charge on any atom is 0.260 e. The topological polar surface area (TPSA) is 69.5 Å². The van der Waals surface area contributed by atoms with Gasteiger partial charge in [-0.25, -0.2) is 4.98 Å². The lowest BCUT2D eigenvalue weighted by Crippen LogP contribution is -2.08. The normalized spacial score (nSPS) is 10.7. The van der Waals surface area contributed by atoms with Crippen LogP contribution in [-0.4, -0.2) is 9.97 Å². The van der Waals surface area contributed by atoms with Gasteiger partial charge in [-0.1, -0.05) is 54.2 Å². The van der Waals surface area contributed by atoms with E-state index in [1.54, 1.807) is 6.07 Å². The molecule has 0 radical (unpaired) electrons. The highest BCUT2D eigenvalue weighted by Gasteiger charge is 2.13. The molecule has 0 unspecified atom stereocenters. The molecule has 126 valence electrons. The molecule has 0 aliphatic heterocycles. The van der Waals surface area contributed by atoms with Crippen LogP contribution in [0.25, 0.3) is 21.3 Å². The van der Waals surface area contributed by atoms with Crippen molar-refractivity contribution in [3.63, 3.8) is 0 Å². The molecule has 0 atom stereocenters. The molecule has 2 aromatic heterocycles. The number of thioether (sulfide) groups is 1. The van der Waals surface area contributed by atoms with Crippen LogP contribution in [0.15, 0.2) is 69.9 Å². The van der Waals surface area contributed by atoms with Crippen LogP contribution in [0.5, 0.6) is 0 Å². The van der Waals surface area contributed by atoms with Crippen LogP contribution >= 0.6 is 23.1 Å². The number of benzene rings is 2. The molecule has 0 amide bonds. The van der Waals surface area contributed by atoms with Crippen LogP contribution < -0.4 is 5.56 Å². The number of fused-ring (bicyclic) bond motifs is 1. The summed E-state index contributed by atoms with van der Waals surface area (Å²) in [6.45, 7) is 0. The number of hydrogen-bond acceptors (Lipinski definition) is 5. The van der Waals surface area contributed by atoms with Gasteiger partial charge in [0.05, 0.1) is 17.0 Å². The SMILES string of the molecule is N#Cc1cccc(CSc2nc3scc(-c4ccccc4)c3c(=O)[nH]2)c1. The molecule has 6 heteroatoms. The average Bonchev–Trinajstić information content (AvgIpc) is 3.12. The second kappa shape index (κ2) is 7.16. The second-order valence-electron chi connectivity index (χ2n) is 5.67. The standard InChI is InChI=1S/C20H13N3OS2/c21-10-13-5-4-6-14(9-13)11-26-20-22-18(24)17-16(12-25-19(17)23-20)15-7-2-1-3-8-15/h1-9,12H,11H2,(H,22,23,24). The lowest BCUT2D eigenvalue weighted by Gasteiger charge is -2.03. The molecular formula is C20H13N3OS2. The number of aromatic amines is 1. The largest absolute Gasteiger partial charge is 0.301 e. The number of thiophene rings is 1. The van der Waals surface area contributed by atoms with Gasteiger partial charge >= 0.3 is 0 Å². The molecule has 4 rings (SSSR count). The van der Waals surface area contributed by atoms with E-state index in [0.717, 1.165) is 21.5 Å². The van der Waals surface area contributed by atoms with Crippen LogP contribution in [0.2, 0.25) is 0 Å². The Morgan fingerprint density at radius 3 is 2.81 bits per heavy atom. The average molecular weight is 375 g/mol. The van der Waals surface area contributed by atoms with Gasteiger partial charge in [0.25, 0.3) is 5.56 Å². The molecule has 26 heavy (non-hydrogen) atoms. The quantitative estimate of drug-likeness (QED) is 0.410. The van der Waals surface area contributed by atoms with E-state index < -0.39 is 0 Å². The third-order valence-electron chi connectivity index (χ3n) is 3.94. The van der Waals surface area contributed by atoms with E-state index in [4.69, 9.17) is 5.26 Å². The summed E-state index contributed by atoms with van der Waals surface area (Å²) in [6, 6.07) is 19.4. The highest BCUT2D eigenvalue weighted by molar-refractivity contribution is 7.98. The summed E-state index contributed by atoms with van der Waals surface area (Å²) in [6.07, 6.45) is 0. The Bertz CT molecular complexity index is 1170. The minimum atomic E-state index is -0.122. The second-order valence-corrected chi connectivity index (χ2v) is 7.49. The van der Waals surface area contributed by atoms with Gasteiger partial charge in [0.1, 0.15) is 4.83 Å². The summed E-state index contributed by atoms with van der Waals surface area (Å²) in [5.41, 5.74) is 3.46. The fraction of sp³-hybridized carbons (Fsp3) is 0.0500. The van der Waals surface area contributed by atoms with Crippen LogP contribution in [0.4, 0.5) is 0 Å². The number of hydrogen-bond donors (Lipinski definition) is 1. The molecule has 0 saturated heterocycles. The Hall–Kier alpha value is -2.88. The predicted octanol–water partition coefficient (Wildman–Crippen LogP) is 4.82. The maximum absolute atomic E-state index is 12.6. The van der Waals surface area contributed by atoms with E-state index in [-0.39, 0.29) is 5.56 Å². The van der Waals surface area contributed by atoms with E-state index in [1.807, 2.05) is 53.9 Å². The van der Waals surface area contributed by atoms with Crippen LogP contribution in [-0.2, 0) is 5.75 Å². The summed E-state index contributed by atoms with van der Waals surface area (Å²) in [5.74, 6) is 0.640. The first-order valence-electron chi connectivity index (χ1n) is 7.93. The summed E-state index contributed by atoms with van der Waals surface area (Å²) in [7, 11) is 0. The third kappa shape index (κ3) is 3.27. The molecule has 2 aromatic carbocycles. The van der Waals surface area contributed by atoms with Gasteiger partial charge < -0.3 is 4.98 Å². The van der Waals surface area contributed by atoms with Gasteiger partial charge in [0.2, 0.25) is 0 Å². The van der Waals surface area contributed by atoms with Crippen molar-refractivity contribution in [1.82, 2.24) is 9.97 Å². The molecule has 0 bridgehead atoms. The third-order valence-corrected chi connectivity index (χ3v) is 5.76.